The van der Waals surface area contributed by atoms with Crippen molar-refractivity contribution in [3.8, 4) is 5.75 Å². The van der Waals surface area contributed by atoms with Crippen LogP contribution in [0.5, 0.6) is 5.75 Å². The third-order valence-electron chi connectivity index (χ3n) is 5.88. The van der Waals surface area contributed by atoms with Gasteiger partial charge in [0.25, 0.3) is 11.7 Å². The summed E-state index contributed by atoms with van der Waals surface area (Å²) < 4.78 is 6.54. The molecule has 176 valence electrons. The van der Waals surface area contributed by atoms with Crippen molar-refractivity contribution < 1.29 is 19.4 Å². The standard InChI is InChI=1S/C26H31BrN2O4/c1-4-17-33-21-13-9-18(10-14-21)23-22(24(30)19-7-11-20(27)12-8-19)25(31)26(32)29(23)16-15-28(5-2)6-3/h7-14,23,30H,4-6,15-17H2,1-3H3/b24-22+/t23-/m0/s1. The summed E-state index contributed by atoms with van der Waals surface area (Å²) in [4.78, 5) is 30.0. The van der Waals surface area contributed by atoms with E-state index in [1.165, 1.54) is 0 Å². The quantitative estimate of drug-likeness (QED) is 0.274. The van der Waals surface area contributed by atoms with E-state index >= 15 is 0 Å². The maximum Gasteiger partial charge on any atom is 0.295 e. The van der Waals surface area contributed by atoms with Crippen molar-refractivity contribution >= 4 is 33.4 Å². The lowest BCUT2D eigenvalue weighted by Gasteiger charge is -2.28. The minimum Gasteiger partial charge on any atom is -0.507 e. The summed E-state index contributed by atoms with van der Waals surface area (Å²) in [5, 5.41) is 11.1. The van der Waals surface area contributed by atoms with Crippen LogP contribution in [0.3, 0.4) is 0 Å². The predicted octanol–water partition coefficient (Wildman–Crippen LogP) is 5.00. The first-order chi connectivity index (χ1) is 15.9. The second-order valence-electron chi connectivity index (χ2n) is 7.94. The Balaban J connectivity index is 2.04. The second-order valence-corrected chi connectivity index (χ2v) is 8.86. The number of hydrogen-bond acceptors (Lipinski definition) is 5. The molecule has 2 aromatic carbocycles. The topological polar surface area (TPSA) is 70.1 Å². The molecule has 0 aromatic heterocycles. The second kappa shape index (κ2) is 11.5. The van der Waals surface area contributed by atoms with E-state index < -0.39 is 17.7 Å². The van der Waals surface area contributed by atoms with Gasteiger partial charge in [-0.1, -0.05) is 61.0 Å². The molecule has 2 aromatic rings. The van der Waals surface area contributed by atoms with E-state index in [1.54, 1.807) is 29.2 Å². The zero-order chi connectivity index (χ0) is 24.0. The third kappa shape index (κ3) is 5.65. The van der Waals surface area contributed by atoms with Crippen molar-refractivity contribution in [1.29, 1.82) is 0 Å². The zero-order valence-electron chi connectivity index (χ0n) is 19.4. The fraction of sp³-hybridized carbons (Fsp3) is 0.385. The van der Waals surface area contributed by atoms with Gasteiger partial charge in [0, 0.05) is 23.1 Å². The Morgan fingerprint density at radius 3 is 2.24 bits per heavy atom. The van der Waals surface area contributed by atoms with E-state index in [0.717, 1.165) is 35.3 Å². The van der Waals surface area contributed by atoms with Gasteiger partial charge in [-0.25, -0.2) is 0 Å². The molecule has 7 heteroatoms. The fourth-order valence-corrected chi connectivity index (χ4v) is 4.24. The molecule has 0 aliphatic carbocycles. The summed E-state index contributed by atoms with van der Waals surface area (Å²) in [6, 6.07) is 13.8. The van der Waals surface area contributed by atoms with Gasteiger partial charge in [-0.05, 0) is 49.3 Å². The fourth-order valence-electron chi connectivity index (χ4n) is 3.98. The molecule has 1 aliphatic heterocycles. The molecule has 1 N–H and O–H groups in total. The normalized spacial score (nSPS) is 17.7. The maximum atomic E-state index is 13.1. The number of rotatable bonds is 10. The van der Waals surface area contributed by atoms with Gasteiger partial charge in [0.15, 0.2) is 0 Å². The van der Waals surface area contributed by atoms with Crippen LogP contribution >= 0.6 is 15.9 Å². The highest BCUT2D eigenvalue weighted by Gasteiger charge is 2.45. The highest BCUT2D eigenvalue weighted by Crippen LogP contribution is 2.39. The molecule has 0 spiro atoms. The van der Waals surface area contributed by atoms with Gasteiger partial charge in [0.2, 0.25) is 0 Å². The van der Waals surface area contributed by atoms with Crippen LogP contribution in [0.1, 0.15) is 44.4 Å². The minimum absolute atomic E-state index is 0.115. The van der Waals surface area contributed by atoms with Crippen molar-refractivity contribution in [2.75, 3.05) is 32.8 Å². The smallest absolute Gasteiger partial charge is 0.295 e. The first-order valence-corrected chi connectivity index (χ1v) is 12.2. The largest absolute Gasteiger partial charge is 0.507 e. The molecule has 3 rings (SSSR count). The minimum atomic E-state index is -0.663. The van der Waals surface area contributed by atoms with E-state index in [4.69, 9.17) is 4.74 Å². The number of carbonyl (C=O) groups is 2. The number of Topliss-reactive ketones (excluding diaryl/α,β-unsaturated/α-hetero) is 1. The number of benzene rings is 2. The summed E-state index contributed by atoms with van der Waals surface area (Å²) in [5.74, 6) is -0.681. The van der Waals surface area contributed by atoms with Gasteiger partial charge in [0.1, 0.15) is 11.5 Å². The molecule has 0 saturated carbocycles. The number of hydrogen-bond donors (Lipinski definition) is 1. The van der Waals surface area contributed by atoms with Gasteiger partial charge in [-0.2, -0.15) is 0 Å². The van der Waals surface area contributed by atoms with Crippen LogP contribution in [-0.4, -0.2) is 59.4 Å². The maximum absolute atomic E-state index is 13.1. The molecule has 6 nitrogen and oxygen atoms in total. The van der Waals surface area contributed by atoms with Crippen molar-refractivity contribution in [2.45, 2.75) is 33.2 Å². The van der Waals surface area contributed by atoms with Gasteiger partial charge in [0.05, 0.1) is 18.2 Å². The molecule has 33 heavy (non-hydrogen) atoms. The Kier molecular flexibility index (Phi) is 8.69. The molecule has 1 aliphatic rings. The lowest BCUT2D eigenvalue weighted by Crippen LogP contribution is -2.38. The Hall–Kier alpha value is -2.64. The first-order valence-electron chi connectivity index (χ1n) is 11.4. The summed E-state index contributed by atoms with van der Waals surface area (Å²) in [5.41, 5.74) is 1.37. The monoisotopic (exact) mass is 514 g/mol. The summed E-state index contributed by atoms with van der Waals surface area (Å²) in [6.07, 6.45) is 0.903. The van der Waals surface area contributed by atoms with Crippen LogP contribution in [0.15, 0.2) is 58.6 Å². The molecular formula is C26H31BrN2O4. The van der Waals surface area contributed by atoms with Gasteiger partial charge >= 0.3 is 0 Å². The Bertz CT molecular complexity index is 998. The highest BCUT2D eigenvalue weighted by atomic mass is 79.9. The van der Waals surface area contributed by atoms with Crippen LogP contribution in [-0.2, 0) is 9.59 Å². The molecule has 1 fully saturated rings. The number of ketones is 1. The van der Waals surface area contributed by atoms with Crippen LogP contribution in [0.25, 0.3) is 5.76 Å². The van der Waals surface area contributed by atoms with Crippen LogP contribution in [0.4, 0.5) is 0 Å². The van der Waals surface area contributed by atoms with E-state index in [9.17, 15) is 14.7 Å². The van der Waals surface area contributed by atoms with Gasteiger partial charge in [-0.15, -0.1) is 0 Å². The molecule has 1 heterocycles. The van der Waals surface area contributed by atoms with Crippen molar-refractivity contribution in [2.24, 2.45) is 0 Å². The van der Waals surface area contributed by atoms with E-state index in [0.29, 0.717) is 25.3 Å². The van der Waals surface area contributed by atoms with Crippen molar-refractivity contribution in [3.05, 3.63) is 69.7 Å². The molecular weight excluding hydrogens is 484 g/mol. The Labute approximate surface area is 204 Å². The van der Waals surface area contributed by atoms with Gasteiger partial charge < -0.3 is 19.6 Å². The summed E-state index contributed by atoms with van der Waals surface area (Å²) in [6.45, 7) is 9.54. The molecule has 1 atom stereocenters. The van der Waals surface area contributed by atoms with Gasteiger partial charge in [-0.3, -0.25) is 9.59 Å². The number of likely N-dealkylation sites (N-methyl/N-ethyl adjacent to an activating group) is 1. The molecule has 0 unspecified atom stereocenters. The Morgan fingerprint density at radius 1 is 1.03 bits per heavy atom. The highest BCUT2D eigenvalue weighted by molar-refractivity contribution is 9.10. The number of aliphatic hydroxyl groups excluding tert-OH is 1. The number of aliphatic hydroxyl groups is 1. The first kappa shape index (κ1) is 25.0. The summed E-state index contributed by atoms with van der Waals surface area (Å²) >= 11 is 3.39. The summed E-state index contributed by atoms with van der Waals surface area (Å²) in [7, 11) is 0. The van der Waals surface area contributed by atoms with E-state index in [1.807, 2.05) is 31.2 Å². The van der Waals surface area contributed by atoms with E-state index in [2.05, 4.69) is 34.7 Å². The third-order valence-corrected chi connectivity index (χ3v) is 6.41. The van der Waals surface area contributed by atoms with Crippen LogP contribution < -0.4 is 4.74 Å². The van der Waals surface area contributed by atoms with Crippen molar-refractivity contribution in [3.63, 3.8) is 0 Å². The Morgan fingerprint density at radius 2 is 1.67 bits per heavy atom. The number of likely N-dealkylation sites (tertiary alicyclic amines) is 1. The zero-order valence-corrected chi connectivity index (χ0v) is 21.0. The number of amides is 1. The molecule has 0 radical (unpaired) electrons. The number of carbonyl (C=O) groups excluding carboxylic acids is 2. The lowest BCUT2D eigenvalue weighted by atomic mass is 9.95. The number of nitrogens with zero attached hydrogens (tertiary/aromatic N) is 2. The van der Waals surface area contributed by atoms with Crippen LogP contribution in [0, 0.1) is 0 Å². The molecule has 0 bridgehead atoms. The SMILES string of the molecule is CCCOc1ccc([C@H]2/C(=C(\O)c3ccc(Br)cc3)C(=O)C(=O)N2CCN(CC)CC)cc1. The average molecular weight is 515 g/mol. The molecule has 1 amide bonds. The lowest BCUT2D eigenvalue weighted by molar-refractivity contribution is -0.140. The van der Waals surface area contributed by atoms with Crippen LogP contribution in [0.2, 0.25) is 0 Å². The van der Waals surface area contributed by atoms with E-state index in [-0.39, 0.29) is 11.3 Å². The predicted molar refractivity (Wildman–Crippen MR) is 133 cm³/mol. The average Bonchev–Trinajstić information content (AvgIpc) is 3.08. The number of ether oxygens (including phenoxy) is 1. The van der Waals surface area contributed by atoms with Crippen molar-refractivity contribution in [1.82, 2.24) is 9.80 Å². The molecule has 1 saturated heterocycles. The number of halogens is 1.